The molecule has 3 rings (SSSR count). The van der Waals surface area contributed by atoms with Gasteiger partial charge in [0.05, 0.1) is 0 Å². The van der Waals surface area contributed by atoms with E-state index in [1.807, 2.05) is 30.3 Å². The Morgan fingerprint density at radius 1 is 1.20 bits per heavy atom. The minimum absolute atomic E-state index is 0.201. The minimum atomic E-state index is -0.675. The number of rotatable bonds is 4. The number of carbonyl (C=O) groups is 1. The summed E-state index contributed by atoms with van der Waals surface area (Å²) in [6, 6.07) is 10.5. The molecule has 0 spiro atoms. The van der Waals surface area contributed by atoms with Crippen molar-refractivity contribution in [1.29, 1.82) is 0 Å². The Morgan fingerprint density at radius 2 is 1.90 bits per heavy atom. The molecule has 3 unspecified atom stereocenters. The van der Waals surface area contributed by atoms with Crippen molar-refractivity contribution in [3.05, 3.63) is 35.9 Å². The van der Waals surface area contributed by atoms with Crippen LogP contribution in [-0.4, -0.2) is 30.1 Å². The summed E-state index contributed by atoms with van der Waals surface area (Å²) in [5.74, 6) is 0.378. The second-order valence-corrected chi connectivity index (χ2v) is 5.82. The first kappa shape index (κ1) is 13.4. The zero-order valence-electron chi connectivity index (χ0n) is 11.7. The maximum atomic E-state index is 11.2. The molecule has 3 atom stereocenters. The number of nitrogens with two attached hydrogens (primary N) is 1. The first-order valence-corrected chi connectivity index (χ1v) is 7.51. The van der Waals surface area contributed by atoms with Gasteiger partial charge in [0, 0.05) is 12.0 Å². The van der Waals surface area contributed by atoms with E-state index in [4.69, 9.17) is 10.5 Å². The van der Waals surface area contributed by atoms with Crippen LogP contribution < -0.4 is 5.73 Å². The van der Waals surface area contributed by atoms with Gasteiger partial charge in [0.2, 0.25) is 0 Å². The molecule has 1 heterocycles. The van der Waals surface area contributed by atoms with Crippen molar-refractivity contribution in [3.63, 3.8) is 0 Å². The summed E-state index contributed by atoms with van der Waals surface area (Å²) in [7, 11) is 0. The normalized spacial score (nSPS) is 27.8. The molecule has 4 nitrogen and oxygen atoms in total. The third-order valence-electron chi connectivity index (χ3n) is 4.66. The molecule has 1 amide bonds. The van der Waals surface area contributed by atoms with Crippen molar-refractivity contribution in [3.8, 4) is 0 Å². The fourth-order valence-corrected chi connectivity index (χ4v) is 3.56. The summed E-state index contributed by atoms with van der Waals surface area (Å²) < 4.78 is 5.44. The Labute approximate surface area is 119 Å². The van der Waals surface area contributed by atoms with Gasteiger partial charge in [-0.1, -0.05) is 30.3 Å². The van der Waals surface area contributed by atoms with Gasteiger partial charge in [-0.25, -0.2) is 4.79 Å². The van der Waals surface area contributed by atoms with Crippen molar-refractivity contribution in [2.45, 2.75) is 37.8 Å². The summed E-state index contributed by atoms with van der Waals surface area (Å²) in [6.07, 6.45) is 4.01. The predicted molar refractivity (Wildman–Crippen MR) is 77.2 cm³/mol. The Kier molecular flexibility index (Phi) is 3.92. The number of benzene rings is 1. The van der Waals surface area contributed by atoms with Gasteiger partial charge in [0.1, 0.15) is 6.10 Å². The molecule has 4 heteroatoms. The van der Waals surface area contributed by atoms with E-state index in [0.717, 1.165) is 12.0 Å². The zero-order chi connectivity index (χ0) is 13.9. The van der Waals surface area contributed by atoms with Crippen LogP contribution >= 0.6 is 0 Å². The Bertz CT molecular complexity index is 457. The van der Waals surface area contributed by atoms with E-state index in [1.165, 1.54) is 32.4 Å². The molecule has 20 heavy (non-hydrogen) atoms. The van der Waals surface area contributed by atoms with Crippen LogP contribution in [0.3, 0.4) is 0 Å². The van der Waals surface area contributed by atoms with Gasteiger partial charge in [0.15, 0.2) is 0 Å². The lowest BCUT2D eigenvalue weighted by Gasteiger charge is -2.46. The third-order valence-corrected chi connectivity index (χ3v) is 4.66. The zero-order valence-corrected chi connectivity index (χ0v) is 11.7. The predicted octanol–water partition coefficient (Wildman–Crippen LogP) is 2.70. The van der Waals surface area contributed by atoms with Crippen LogP contribution in [0.1, 0.15) is 37.4 Å². The molecule has 2 N–H and O–H groups in total. The average molecular weight is 274 g/mol. The molecule has 1 aromatic carbocycles. The lowest BCUT2D eigenvalue weighted by atomic mass is 9.73. The minimum Gasteiger partial charge on any atom is -0.441 e. The largest absolute Gasteiger partial charge is 0.441 e. The van der Waals surface area contributed by atoms with Gasteiger partial charge in [-0.15, -0.1) is 0 Å². The second kappa shape index (κ2) is 5.83. The maximum absolute atomic E-state index is 11.2. The number of hydrogen-bond donors (Lipinski definition) is 1. The van der Waals surface area contributed by atoms with Crippen molar-refractivity contribution >= 4 is 6.09 Å². The standard InChI is InChI=1S/C16H22N2O2/c17-16(19)20-15(12-6-2-1-3-7-12)13-8-9-14(13)18-10-4-5-11-18/h1-3,6-7,13-15H,4-5,8-11H2,(H2,17,19). The van der Waals surface area contributed by atoms with Crippen LogP contribution in [0, 0.1) is 5.92 Å². The van der Waals surface area contributed by atoms with E-state index in [1.54, 1.807) is 0 Å². The first-order chi connectivity index (χ1) is 9.75. The monoisotopic (exact) mass is 274 g/mol. The number of primary amides is 1. The molecule has 1 aromatic rings. The van der Waals surface area contributed by atoms with Crippen LogP contribution in [0.4, 0.5) is 4.79 Å². The number of likely N-dealkylation sites (tertiary alicyclic amines) is 1. The summed E-state index contributed by atoms with van der Waals surface area (Å²) in [6.45, 7) is 2.36. The molecule has 1 saturated heterocycles. The lowest BCUT2D eigenvalue weighted by Crippen LogP contribution is -2.49. The number of nitrogens with zero attached hydrogens (tertiary/aromatic N) is 1. The molecule has 0 bridgehead atoms. The SMILES string of the molecule is NC(=O)OC(c1ccccc1)C1CCC1N1CCCC1. The highest BCUT2D eigenvalue weighted by molar-refractivity contribution is 5.65. The Hall–Kier alpha value is -1.55. The topological polar surface area (TPSA) is 55.6 Å². The number of hydrogen-bond acceptors (Lipinski definition) is 3. The molecule has 2 aliphatic rings. The maximum Gasteiger partial charge on any atom is 0.405 e. The van der Waals surface area contributed by atoms with Crippen molar-refractivity contribution in [2.75, 3.05) is 13.1 Å². The molecular weight excluding hydrogens is 252 g/mol. The highest BCUT2D eigenvalue weighted by Crippen LogP contribution is 2.43. The molecule has 108 valence electrons. The van der Waals surface area contributed by atoms with Crippen LogP contribution in [0.15, 0.2) is 30.3 Å². The van der Waals surface area contributed by atoms with Crippen LogP contribution in [0.25, 0.3) is 0 Å². The Balaban J connectivity index is 1.77. The first-order valence-electron chi connectivity index (χ1n) is 7.51. The molecule has 1 aliphatic heterocycles. The summed E-state index contributed by atoms with van der Waals surface area (Å²) in [4.78, 5) is 13.8. The van der Waals surface area contributed by atoms with Crippen molar-refractivity contribution in [1.82, 2.24) is 4.90 Å². The van der Waals surface area contributed by atoms with E-state index in [2.05, 4.69) is 4.90 Å². The van der Waals surface area contributed by atoms with Crippen LogP contribution in [0.2, 0.25) is 0 Å². The van der Waals surface area contributed by atoms with E-state index in [9.17, 15) is 4.79 Å². The Morgan fingerprint density at radius 3 is 2.45 bits per heavy atom. The van der Waals surface area contributed by atoms with Crippen LogP contribution in [-0.2, 0) is 4.74 Å². The van der Waals surface area contributed by atoms with E-state index < -0.39 is 6.09 Å². The molecule has 1 aliphatic carbocycles. The van der Waals surface area contributed by atoms with Gasteiger partial charge >= 0.3 is 6.09 Å². The third kappa shape index (κ3) is 2.66. The van der Waals surface area contributed by atoms with Crippen molar-refractivity contribution < 1.29 is 9.53 Å². The highest BCUT2D eigenvalue weighted by Gasteiger charge is 2.43. The molecule has 1 saturated carbocycles. The number of amides is 1. The van der Waals surface area contributed by atoms with Gasteiger partial charge in [-0.3, -0.25) is 4.90 Å². The van der Waals surface area contributed by atoms with E-state index in [0.29, 0.717) is 12.0 Å². The van der Waals surface area contributed by atoms with E-state index in [-0.39, 0.29) is 6.10 Å². The quantitative estimate of drug-likeness (QED) is 0.918. The number of carbonyl (C=O) groups excluding carboxylic acids is 1. The van der Waals surface area contributed by atoms with Gasteiger partial charge in [0.25, 0.3) is 0 Å². The fraction of sp³-hybridized carbons (Fsp3) is 0.562. The second-order valence-electron chi connectivity index (χ2n) is 5.82. The molecule has 2 fully saturated rings. The molecular formula is C16H22N2O2. The highest BCUT2D eigenvalue weighted by atomic mass is 16.6. The smallest absolute Gasteiger partial charge is 0.405 e. The summed E-state index contributed by atoms with van der Waals surface area (Å²) in [5, 5.41) is 0. The van der Waals surface area contributed by atoms with Gasteiger partial charge in [-0.05, 0) is 44.3 Å². The van der Waals surface area contributed by atoms with Crippen LogP contribution in [0.5, 0.6) is 0 Å². The molecule has 0 aromatic heterocycles. The van der Waals surface area contributed by atoms with Crippen molar-refractivity contribution in [2.24, 2.45) is 11.7 Å². The van der Waals surface area contributed by atoms with E-state index >= 15 is 0 Å². The summed E-state index contributed by atoms with van der Waals surface area (Å²) >= 11 is 0. The fourth-order valence-electron chi connectivity index (χ4n) is 3.56. The average Bonchev–Trinajstić information content (AvgIpc) is 2.91. The molecule has 0 radical (unpaired) electrons. The van der Waals surface area contributed by atoms with Gasteiger partial charge in [-0.2, -0.15) is 0 Å². The number of ether oxygens (including phenoxy) is 1. The van der Waals surface area contributed by atoms with Gasteiger partial charge < -0.3 is 10.5 Å². The summed E-state index contributed by atoms with van der Waals surface area (Å²) in [5.41, 5.74) is 6.33. The lowest BCUT2D eigenvalue weighted by molar-refractivity contribution is -0.0237.